The second kappa shape index (κ2) is 6.62. The number of amides is 1. The summed E-state index contributed by atoms with van der Waals surface area (Å²) in [6.07, 6.45) is 0. The van der Waals surface area contributed by atoms with Crippen LogP contribution in [0.5, 0.6) is 0 Å². The van der Waals surface area contributed by atoms with E-state index in [2.05, 4.69) is 22.3 Å². The van der Waals surface area contributed by atoms with Crippen molar-refractivity contribution in [2.24, 2.45) is 0 Å². The lowest BCUT2D eigenvalue weighted by molar-refractivity contribution is -0.120. The Bertz CT molecular complexity index is 352. The smallest absolute Gasteiger partial charge is 0.237 e. The van der Waals surface area contributed by atoms with Crippen LogP contribution in [0, 0.1) is 0 Å². The molecule has 0 spiro atoms. The number of hydrogen-bond donors (Lipinski definition) is 1. The summed E-state index contributed by atoms with van der Waals surface area (Å²) in [6.45, 7) is 2.23. The van der Waals surface area contributed by atoms with Gasteiger partial charge in [-0.05, 0) is 26.6 Å². The standard InChI is InChI=1S/C13H19ClN2O/c1-10(14)13(17)15-9-12(16(2)3)11-7-5-4-6-8-11/h4-8,10,12H,9H2,1-3H3,(H,15,17)/t10-,12+/m0/s1. The molecule has 4 heteroatoms. The molecule has 1 aromatic rings. The Morgan fingerprint density at radius 3 is 2.41 bits per heavy atom. The molecule has 1 N–H and O–H groups in total. The minimum absolute atomic E-state index is 0.130. The van der Waals surface area contributed by atoms with Gasteiger partial charge in [0.2, 0.25) is 5.91 Å². The van der Waals surface area contributed by atoms with Gasteiger partial charge in [-0.3, -0.25) is 4.79 Å². The highest BCUT2D eigenvalue weighted by Gasteiger charge is 2.16. The van der Waals surface area contributed by atoms with Crippen LogP contribution in [-0.4, -0.2) is 36.8 Å². The van der Waals surface area contributed by atoms with Gasteiger partial charge in [-0.2, -0.15) is 0 Å². The van der Waals surface area contributed by atoms with E-state index in [1.807, 2.05) is 32.3 Å². The molecule has 0 heterocycles. The van der Waals surface area contributed by atoms with Gasteiger partial charge in [-0.15, -0.1) is 11.6 Å². The number of benzene rings is 1. The number of nitrogens with one attached hydrogen (secondary N) is 1. The predicted molar refractivity (Wildman–Crippen MR) is 71.2 cm³/mol. The zero-order valence-electron chi connectivity index (χ0n) is 10.5. The average molecular weight is 255 g/mol. The highest BCUT2D eigenvalue weighted by Crippen LogP contribution is 2.16. The summed E-state index contributed by atoms with van der Waals surface area (Å²) < 4.78 is 0. The minimum atomic E-state index is -0.492. The highest BCUT2D eigenvalue weighted by atomic mass is 35.5. The maximum Gasteiger partial charge on any atom is 0.237 e. The zero-order valence-corrected chi connectivity index (χ0v) is 11.2. The van der Waals surface area contributed by atoms with Crippen molar-refractivity contribution in [1.82, 2.24) is 10.2 Å². The van der Waals surface area contributed by atoms with Gasteiger partial charge in [0.15, 0.2) is 0 Å². The number of likely N-dealkylation sites (N-methyl/N-ethyl adjacent to an activating group) is 1. The van der Waals surface area contributed by atoms with Gasteiger partial charge in [0.1, 0.15) is 5.38 Å². The number of hydrogen-bond acceptors (Lipinski definition) is 2. The maximum absolute atomic E-state index is 11.4. The monoisotopic (exact) mass is 254 g/mol. The van der Waals surface area contributed by atoms with Crippen molar-refractivity contribution in [2.45, 2.75) is 18.3 Å². The van der Waals surface area contributed by atoms with Gasteiger partial charge in [0.05, 0.1) is 6.04 Å². The summed E-state index contributed by atoms with van der Waals surface area (Å²) in [7, 11) is 3.99. The van der Waals surface area contributed by atoms with Gasteiger partial charge in [0.25, 0.3) is 0 Å². The molecule has 17 heavy (non-hydrogen) atoms. The van der Waals surface area contributed by atoms with Crippen LogP contribution in [0.4, 0.5) is 0 Å². The van der Waals surface area contributed by atoms with Gasteiger partial charge in [0, 0.05) is 6.54 Å². The van der Waals surface area contributed by atoms with Gasteiger partial charge in [-0.25, -0.2) is 0 Å². The van der Waals surface area contributed by atoms with Gasteiger partial charge >= 0.3 is 0 Å². The molecule has 0 aromatic heterocycles. The molecular formula is C13H19ClN2O. The molecule has 1 rings (SSSR count). The van der Waals surface area contributed by atoms with Crippen molar-refractivity contribution < 1.29 is 4.79 Å². The molecule has 0 saturated carbocycles. The summed E-state index contributed by atoms with van der Waals surface area (Å²) in [5.41, 5.74) is 1.18. The van der Waals surface area contributed by atoms with E-state index in [0.717, 1.165) is 0 Å². The van der Waals surface area contributed by atoms with Crippen molar-refractivity contribution in [3.63, 3.8) is 0 Å². The summed E-state index contributed by atoms with van der Waals surface area (Å²) in [6, 6.07) is 10.3. The Morgan fingerprint density at radius 2 is 1.94 bits per heavy atom. The number of carbonyl (C=O) groups is 1. The first-order valence-corrected chi connectivity index (χ1v) is 6.09. The largest absolute Gasteiger partial charge is 0.353 e. The Balaban J connectivity index is 2.66. The summed E-state index contributed by atoms with van der Waals surface area (Å²) in [4.78, 5) is 13.5. The molecule has 0 bridgehead atoms. The first-order chi connectivity index (χ1) is 8.02. The van der Waals surface area contributed by atoms with E-state index in [1.54, 1.807) is 6.92 Å². The molecule has 1 aromatic carbocycles. The van der Waals surface area contributed by atoms with Gasteiger partial charge < -0.3 is 10.2 Å². The topological polar surface area (TPSA) is 32.3 Å². The fourth-order valence-corrected chi connectivity index (χ4v) is 1.69. The molecule has 0 aliphatic rings. The van der Waals surface area contributed by atoms with Gasteiger partial charge in [-0.1, -0.05) is 30.3 Å². The van der Waals surface area contributed by atoms with Crippen molar-refractivity contribution in [1.29, 1.82) is 0 Å². The molecule has 0 radical (unpaired) electrons. The number of rotatable bonds is 5. The number of nitrogens with zero attached hydrogens (tertiary/aromatic N) is 1. The molecule has 0 aliphatic carbocycles. The van der Waals surface area contributed by atoms with Crippen LogP contribution in [0.25, 0.3) is 0 Å². The Hall–Kier alpha value is -1.06. The highest BCUT2D eigenvalue weighted by molar-refractivity contribution is 6.30. The first kappa shape index (κ1) is 14.0. The van der Waals surface area contributed by atoms with Crippen molar-refractivity contribution >= 4 is 17.5 Å². The third kappa shape index (κ3) is 4.36. The van der Waals surface area contributed by atoms with Crippen LogP contribution in [0.2, 0.25) is 0 Å². The predicted octanol–water partition coefficient (Wildman–Crippen LogP) is 2.03. The second-order valence-corrected chi connectivity index (χ2v) is 4.91. The maximum atomic E-state index is 11.4. The number of carbonyl (C=O) groups excluding carboxylic acids is 1. The molecule has 3 nitrogen and oxygen atoms in total. The molecule has 0 aliphatic heterocycles. The van der Waals surface area contributed by atoms with Crippen molar-refractivity contribution in [3.05, 3.63) is 35.9 Å². The van der Waals surface area contributed by atoms with Crippen molar-refractivity contribution in [3.8, 4) is 0 Å². The third-order valence-electron chi connectivity index (χ3n) is 2.64. The quantitative estimate of drug-likeness (QED) is 0.816. The Morgan fingerprint density at radius 1 is 1.35 bits per heavy atom. The van der Waals surface area contributed by atoms with Crippen LogP contribution in [0.1, 0.15) is 18.5 Å². The molecule has 0 fully saturated rings. The fraction of sp³-hybridized carbons (Fsp3) is 0.462. The van der Waals surface area contributed by atoms with Crippen LogP contribution in [0.3, 0.4) is 0 Å². The average Bonchev–Trinajstić information content (AvgIpc) is 2.29. The molecule has 2 atom stereocenters. The zero-order chi connectivity index (χ0) is 12.8. The SMILES string of the molecule is C[C@H](Cl)C(=O)NC[C@H](c1ccccc1)N(C)C. The number of halogens is 1. The molecular weight excluding hydrogens is 236 g/mol. The van der Waals surface area contributed by atoms with E-state index in [-0.39, 0.29) is 11.9 Å². The van der Waals surface area contributed by atoms with E-state index < -0.39 is 5.38 Å². The van der Waals surface area contributed by atoms with E-state index in [0.29, 0.717) is 6.54 Å². The Labute approximate surface area is 108 Å². The Kier molecular flexibility index (Phi) is 5.45. The van der Waals surface area contributed by atoms with E-state index in [9.17, 15) is 4.79 Å². The molecule has 0 unspecified atom stereocenters. The van der Waals surface area contributed by atoms with Crippen LogP contribution in [0.15, 0.2) is 30.3 Å². The number of alkyl halides is 1. The lowest BCUT2D eigenvalue weighted by Crippen LogP contribution is -2.37. The van der Waals surface area contributed by atoms with E-state index >= 15 is 0 Å². The van der Waals surface area contributed by atoms with E-state index in [1.165, 1.54) is 5.56 Å². The summed E-state index contributed by atoms with van der Waals surface area (Å²) >= 11 is 5.71. The molecule has 1 amide bonds. The minimum Gasteiger partial charge on any atom is -0.353 e. The van der Waals surface area contributed by atoms with Crippen LogP contribution < -0.4 is 5.32 Å². The lowest BCUT2D eigenvalue weighted by atomic mass is 10.1. The summed E-state index contributed by atoms with van der Waals surface area (Å²) in [5.74, 6) is -0.130. The van der Waals surface area contributed by atoms with Crippen LogP contribution >= 0.6 is 11.6 Å². The third-order valence-corrected chi connectivity index (χ3v) is 2.84. The van der Waals surface area contributed by atoms with Crippen LogP contribution in [-0.2, 0) is 4.79 Å². The summed E-state index contributed by atoms with van der Waals surface area (Å²) in [5, 5.41) is 2.36. The second-order valence-electron chi connectivity index (χ2n) is 4.25. The lowest BCUT2D eigenvalue weighted by Gasteiger charge is -2.25. The molecule has 0 saturated heterocycles. The first-order valence-electron chi connectivity index (χ1n) is 5.65. The molecule has 94 valence electrons. The normalized spacial score (nSPS) is 14.4. The van der Waals surface area contributed by atoms with Crippen molar-refractivity contribution in [2.75, 3.05) is 20.6 Å². The van der Waals surface area contributed by atoms with E-state index in [4.69, 9.17) is 11.6 Å². The fourth-order valence-electron chi connectivity index (χ4n) is 1.61.